The molecule has 0 atom stereocenters. The lowest BCUT2D eigenvalue weighted by atomic mass is 10.2. The average Bonchev–Trinajstić information content (AvgIpc) is 3.19. The Morgan fingerprint density at radius 3 is 2.71 bits per heavy atom. The van der Waals surface area contributed by atoms with Gasteiger partial charge >= 0.3 is 0 Å². The fourth-order valence-electron chi connectivity index (χ4n) is 3.28. The van der Waals surface area contributed by atoms with Crippen molar-refractivity contribution >= 4 is 5.91 Å². The summed E-state index contributed by atoms with van der Waals surface area (Å²) in [6.45, 7) is 9.44. The Bertz CT molecular complexity index is 759. The van der Waals surface area contributed by atoms with Crippen molar-refractivity contribution in [1.82, 2.24) is 25.3 Å². The first-order chi connectivity index (χ1) is 13.7. The first kappa shape index (κ1) is 20.4. The number of piperazine rings is 1. The third kappa shape index (κ3) is 5.84. The Hall–Kier alpha value is -2.32. The molecule has 7 nitrogen and oxygen atoms in total. The number of hydrogen-bond acceptors (Lipinski definition) is 6. The van der Waals surface area contributed by atoms with Gasteiger partial charge in [-0.05, 0) is 31.6 Å². The van der Waals surface area contributed by atoms with Crippen molar-refractivity contribution in [2.24, 2.45) is 0 Å². The number of rotatable bonds is 9. The van der Waals surface area contributed by atoms with Crippen LogP contribution in [0, 0.1) is 5.82 Å². The Morgan fingerprint density at radius 2 is 1.96 bits per heavy atom. The largest absolute Gasteiger partial charge is 0.356 e. The smallest absolute Gasteiger partial charge is 0.227 e. The second kappa shape index (κ2) is 10.3. The zero-order valence-electron chi connectivity index (χ0n) is 16.4. The van der Waals surface area contributed by atoms with Gasteiger partial charge in [0.1, 0.15) is 5.82 Å². The van der Waals surface area contributed by atoms with Crippen molar-refractivity contribution in [1.29, 1.82) is 0 Å². The average molecular weight is 389 g/mol. The van der Waals surface area contributed by atoms with Crippen molar-refractivity contribution in [3.05, 3.63) is 36.0 Å². The second-order valence-electron chi connectivity index (χ2n) is 6.97. The molecule has 0 spiro atoms. The van der Waals surface area contributed by atoms with Crippen LogP contribution in [0.25, 0.3) is 11.4 Å². The van der Waals surface area contributed by atoms with Crippen molar-refractivity contribution in [2.75, 3.05) is 45.8 Å². The van der Waals surface area contributed by atoms with Crippen LogP contribution in [-0.4, -0.2) is 71.7 Å². The first-order valence-electron chi connectivity index (χ1n) is 9.94. The predicted octanol–water partition coefficient (Wildman–Crippen LogP) is 1.95. The number of nitrogens with one attached hydrogen (secondary N) is 1. The monoisotopic (exact) mass is 389 g/mol. The molecule has 0 bridgehead atoms. The molecule has 1 amide bonds. The summed E-state index contributed by atoms with van der Waals surface area (Å²) in [5.74, 6) is 0.101. The van der Waals surface area contributed by atoms with E-state index in [9.17, 15) is 9.18 Å². The number of benzene rings is 1. The molecule has 2 aromatic rings. The Morgan fingerprint density at radius 1 is 1.21 bits per heavy atom. The van der Waals surface area contributed by atoms with Gasteiger partial charge in [0.2, 0.25) is 17.6 Å². The Balaban J connectivity index is 1.32. The number of hydrogen-bond donors (Lipinski definition) is 1. The number of aryl methyl sites for hydroxylation is 1. The van der Waals surface area contributed by atoms with Gasteiger partial charge in [0, 0.05) is 45.6 Å². The third-order valence-corrected chi connectivity index (χ3v) is 5.03. The number of nitrogens with zero attached hydrogens (tertiary/aromatic N) is 4. The zero-order valence-corrected chi connectivity index (χ0v) is 16.4. The van der Waals surface area contributed by atoms with Crippen molar-refractivity contribution < 1.29 is 13.7 Å². The maximum Gasteiger partial charge on any atom is 0.227 e. The van der Waals surface area contributed by atoms with Crippen LogP contribution in [0.4, 0.5) is 4.39 Å². The summed E-state index contributed by atoms with van der Waals surface area (Å²) in [4.78, 5) is 21.1. The van der Waals surface area contributed by atoms with E-state index in [0.29, 0.717) is 24.4 Å². The van der Waals surface area contributed by atoms with Crippen LogP contribution in [0.3, 0.4) is 0 Å². The molecular weight excluding hydrogens is 361 g/mol. The normalized spacial score (nSPS) is 15.6. The minimum absolute atomic E-state index is 0.0403. The van der Waals surface area contributed by atoms with Gasteiger partial charge in [-0.3, -0.25) is 4.79 Å². The standard InChI is InChI=1S/C20H28FN5O2/c1-2-25-12-14-26(15-13-25)11-5-10-22-18(27)8-9-19-23-20(24-28-19)16-6-3-4-7-17(16)21/h3-4,6-7H,2,5,8-15H2,1H3,(H,22,27). The summed E-state index contributed by atoms with van der Waals surface area (Å²) in [5, 5.41) is 6.73. The highest BCUT2D eigenvalue weighted by molar-refractivity contribution is 5.75. The summed E-state index contributed by atoms with van der Waals surface area (Å²) >= 11 is 0. The molecule has 152 valence electrons. The molecule has 2 heterocycles. The fraction of sp³-hybridized carbons (Fsp3) is 0.550. The summed E-state index contributed by atoms with van der Waals surface area (Å²) in [6.07, 6.45) is 1.55. The van der Waals surface area contributed by atoms with Crippen molar-refractivity contribution in [3.8, 4) is 11.4 Å². The van der Waals surface area contributed by atoms with Crippen LogP contribution in [0.1, 0.15) is 25.7 Å². The van der Waals surface area contributed by atoms with Gasteiger partial charge in [0.15, 0.2) is 0 Å². The van der Waals surface area contributed by atoms with E-state index in [1.807, 2.05) is 0 Å². The lowest BCUT2D eigenvalue weighted by Crippen LogP contribution is -2.46. The van der Waals surface area contributed by atoms with Crippen LogP contribution in [0.15, 0.2) is 28.8 Å². The SMILES string of the molecule is CCN1CCN(CCCNC(=O)CCc2nc(-c3ccccc3F)no2)CC1. The van der Waals surface area contributed by atoms with Crippen LogP contribution in [0.5, 0.6) is 0 Å². The van der Waals surface area contributed by atoms with Gasteiger partial charge in [-0.25, -0.2) is 4.39 Å². The molecule has 3 rings (SSSR count). The van der Waals surface area contributed by atoms with Gasteiger partial charge in [0.25, 0.3) is 0 Å². The third-order valence-electron chi connectivity index (χ3n) is 5.03. The maximum absolute atomic E-state index is 13.8. The van der Waals surface area contributed by atoms with E-state index >= 15 is 0 Å². The molecule has 1 aromatic heterocycles. The topological polar surface area (TPSA) is 74.5 Å². The molecule has 1 aliphatic rings. The van der Waals surface area contributed by atoms with E-state index in [4.69, 9.17) is 4.52 Å². The highest BCUT2D eigenvalue weighted by atomic mass is 19.1. The quantitative estimate of drug-likeness (QED) is 0.661. The molecule has 0 saturated carbocycles. The summed E-state index contributed by atoms with van der Waals surface area (Å²) in [5.41, 5.74) is 0.293. The van der Waals surface area contributed by atoms with Crippen LogP contribution in [-0.2, 0) is 11.2 Å². The van der Waals surface area contributed by atoms with Crippen LogP contribution < -0.4 is 5.32 Å². The predicted molar refractivity (Wildman–Crippen MR) is 104 cm³/mol. The van der Waals surface area contributed by atoms with E-state index in [1.165, 1.54) is 6.07 Å². The van der Waals surface area contributed by atoms with Crippen LogP contribution >= 0.6 is 0 Å². The van der Waals surface area contributed by atoms with E-state index in [1.54, 1.807) is 18.2 Å². The van der Waals surface area contributed by atoms with Gasteiger partial charge < -0.3 is 19.6 Å². The van der Waals surface area contributed by atoms with E-state index in [2.05, 4.69) is 32.2 Å². The van der Waals surface area contributed by atoms with Crippen LogP contribution in [0.2, 0.25) is 0 Å². The molecule has 8 heteroatoms. The lowest BCUT2D eigenvalue weighted by Gasteiger charge is -2.33. The minimum atomic E-state index is -0.399. The second-order valence-corrected chi connectivity index (χ2v) is 6.97. The number of carbonyl (C=O) groups excluding carboxylic acids is 1. The van der Waals surface area contributed by atoms with Gasteiger partial charge in [-0.15, -0.1) is 0 Å². The van der Waals surface area contributed by atoms with Gasteiger partial charge in [-0.1, -0.05) is 24.2 Å². The molecule has 1 saturated heterocycles. The molecule has 28 heavy (non-hydrogen) atoms. The van der Waals surface area contributed by atoms with E-state index < -0.39 is 5.82 Å². The fourth-order valence-corrected chi connectivity index (χ4v) is 3.28. The summed E-state index contributed by atoms with van der Waals surface area (Å²) < 4.78 is 18.9. The molecule has 1 aliphatic heterocycles. The summed E-state index contributed by atoms with van der Waals surface area (Å²) in [7, 11) is 0. The molecule has 0 unspecified atom stereocenters. The number of carbonyl (C=O) groups is 1. The molecule has 0 radical (unpaired) electrons. The number of likely N-dealkylation sites (N-methyl/N-ethyl adjacent to an activating group) is 1. The van der Waals surface area contributed by atoms with Gasteiger partial charge in [-0.2, -0.15) is 4.98 Å². The van der Waals surface area contributed by atoms with Crippen molar-refractivity contribution in [3.63, 3.8) is 0 Å². The van der Waals surface area contributed by atoms with E-state index in [0.717, 1.165) is 45.7 Å². The molecule has 0 aliphatic carbocycles. The number of halogens is 1. The molecular formula is C20H28FN5O2. The Kier molecular flexibility index (Phi) is 7.50. The Labute approximate surface area is 164 Å². The highest BCUT2D eigenvalue weighted by Crippen LogP contribution is 2.19. The molecule has 1 aromatic carbocycles. The summed E-state index contributed by atoms with van der Waals surface area (Å²) in [6, 6.07) is 6.27. The molecule has 1 fully saturated rings. The molecule has 1 N–H and O–H groups in total. The number of aromatic nitrogens is 2. The lowest BCUT2D eigenvalue weighted by molar-refractivity contribution is -0.121. The maximum atomic E-state index is 13.8. The minimum Gasteiger partial charge on any atom is -0.356 e. The zero-order chi connectivity index (χ0) is 19.8. The highest BCUT2D eigenvalue weighted by Gasteiger charge is 2.15. The first-order valence-corrected chi connectivity index (χ1v) is 9.94. The van der Waals surface area contributed by atoms with E-state index in [-0.39, 0.29) is 18.2 Å². The van der Waals surface area contributed by atoms with Crippen molar-refractivity contribution in [2.45, 2.75) is 26.2 Å². The van der Waals surface area contributed by atoms with Gasteiger partial charge in [0.05, 0.1) is 5.56 Å². The number of amides is 1.